The monoisotopic (exact) mass is 224 g/mol. The van der Waals surface area contributed by atoms with Gasteiger partial charge in [-0.25, -0.2) is 0 Å². The SMILES string of the molecule is Cc1c(NCC(C)(C)O)cccc1[N+](=O)[O-]. The highest BCUT2D eigenvalue weighted by Gasteiger charge is 2.16. The molecule has 0 saturated carbocycles. The van der Waals surface area contributed by atoms with Crippen LogP contribution < -0.4 is 5.32 Å². The van der Waals surface area contributed by atoms with Gasteiger partial charge in [-0.1, -0.05) is 6.07 Å². The molecule has 0 heterocycles. The fraction of sp³-hybridized carbons (Fsp3) is 0.455. The van der Waals surface area contributed by atoms with Gasteiger partial charge in [-0.15, -0.1) is 0 Å². The number of benzene rings is 1. The minimum atomic E-state index is -0.850. The van der Waals surface area contributed by atoms with E-state index >= 15 is 0 Å². The van der Waals surface area contributed by atoms with Crippen molar-refractivity contribution in [1.82, 2.24) is 0 Å². The number of aliphatic hydroxyl groups is 1. The third-order valence-corrected chi connectivity index (χ3v) is 2.21. The van der Waals surface area contributed by atoms with Gasteiger partial charge in [0.05, 0.1) is 10.5 Å². The molecule has 1 aromatic rings. The van der Waals surface area contributed by atoms with E-state index in [2.05, 4.69) is 5.32 Å². The lowest BCUT2D eigenvalue weighted by molar-refractivity contribution is -0.385. The number of nitrogens with one attached hydrogen (secondary N) is 1. The molecule has 88 valence electrons. The molecule has 1 rings (SSSR count). The van der Waals surface area contributed by atoms with Crippen molar-refractivity contribution < 1.29 is 10.0 Å². The van der Waals surface area contributed by atoms with Crippen molar-refractivity contribution in [1.29, 1.82) is 0 Å². The Morgan fingerprint density at radius 2 is 2.12 bits per heavy atom. The van der Waals surface area contributed by atoms with E-state index in [1.807, 2.05) is 0 Å². The second-order valence-corrected chi connectivity index (χ2v) is 4.37. The summed E-state index contributed by atoms with van der Waals surface area (Å²) in [4.78, 5) is 10.3. The van der Waals surface area contributed by atoms with Crippen LogP contribution in [0.15, 0.2) is 18.2 Å². The van der Waals surface area contributed by atoms with Gasteiger partial charge in [0.2, 0.25) is 0 Å². The molecule has 0 radical (unpaired) electrons. The molecule has 2 N–H and O–H groups in total. The molecule has 0 amide bonds. The van der Waals surface area contributed by atoms with Crippen LogP contribution in [0.1, 0.15) is 19.4 Å². The maximum atomic E-state index is 10.7. The van der Waals surface area contributed by atoms with Crippen molar-refractivity contribution in [3.8, 4) is 0 Å². The third-order valence-electron chi connectivity index (χ3n) is 2.21. The van der Waals surface area contributed by atoms with Gasteiger partial charge in [0.15, 0.2) is 0 Å². The maximum absolute atomic E-state index is 10.7. The molecule has 5 nitrogen and oxygen atoms in total. The number of nitro groups is 1. The normalized spacial score (nSPS) is 11.2. The summed E-state index contributed by atoms with van der Waals surface area (Å²) in [5.74, 6) is 0. The fourth-order valence-electron chi connectivity index (χ4n) is 1.32. The second kappa shape index (κ2) is 4.49. The summed E-state index contributed by atoms with van der Waals surface area (Å²) in [7, 11) is 0. The number of rotatable bonds is 4. The molecule has 0 saturated heterocycles. The quantitative estimate of drug-likeness (QED) is 0.606. The lowest BCUT2D eigenvalue weighted by Gasteiger charge is -2.19. The lowest BCUT2D eigenvalue weighted by atomic mass is 10.1. The van der Waals surface area contributed by atoms with Crippen molar-refractivity contribution >= 4 is 11.4 Å². The van der Waals surface area contributed by atoms with Crippen LogP contribution in [-0.2, 0) is 0 Å². The summed E-state index contributed by atoms with van der Waals surface area (Å²) >= 11 is 0. The standard InChI is InChI=1S/C11H16N2O3/c1-8-9(12-7-11(2,3)14)5-4-6-10(8)13(15)16/h4-6,12,14H,7H2,1-3H3. The highest BCUT2D eigenvalue weighted by atomic mass is 16.6. The van der Waals surface area contributed by atoms with Crippen LogP contribution in [0.4, 0.5) is 11.4 Å². The molecule has 1 aromatic carbocycles. The van der Waals surface area contributed by atoms with Crippen molar-refractivity contribution in [2.24, 2.45) is 0 Å². The minimum Gasteiger partial charge on any atom is -0.389 e. The molecule has 0 aliphatic carbocycles. The van der Waals surface area contributed by atoms with Gasteiger partial charge in [0, 0.05) is 23.9 Å². The minimum absolute atomic E-state index is 0.0840. The van der Waals surface area contributed by atoms with Crippen molar-refractivity contribution in [3.05, 3.63) is 33.9 Å². The molecular formula is C11H16N2O3. The molecule has 5 heteroatoms. The molecule has 0 atom stereocenters. The first kappa shape index (κ1) is 12.4. The first-order valence-electron chi connectivity index (χ1n) is 5.01. The number of nitro benzene ring substituents is 1. The van der Waals surface area contributed by atoms with Crippen LogP contribution in [0.3, 0.4) is 0 Å². The van der Waals surface area contributed by atoms with Gasteiger partial charge in [-0.05, 0) is 26.8 Å². The highest BCUT2D eigenvalue weighted by Crippen LogP contribution is 2.25. The summed E-state index contributed by atoms with van der Waals surface area (Å²) in [6.45, 7) is 5.37. The maximum Gasteiger partial charge on any atom is 0.274 e. The van der Waals surface area contributed by atoms with Gasteiger partial charge in [-0.2, -0.15) is 0 Å². The van der Waals surface area contributed by atoms with Crippen molar-refractivity contribution in [3.63, 3.8) is 0 Å². The van der Waals surface area contributed by atoms with Gasteiger partial charge in [0.25, 0.3) is 5.69 Å². The van der Waals surface area contributed by atoms with Crippen LogP contribution in [0.2, 0.25) is 0 Å². The van der Waals surface area contributed by atoms with Gasteiger partial charge in [-0.3, -0.25) is 10.1 Å². The zero-order valence-electron chi connectivity index (χ0n) is 9.65. The third kappa shape index (κ3) is 3.20. The van der Waals surface area contributed by atoms with E-state index in [4.69, 9.17) is 0 Å². The van der Waals surface area contributed by atoms with E-state index < -0.39 is 10.5 Å². The second-order valence-electron chi connectivity index (χ2n) is 4.37. The molecule has 0 spiro atoms. The highest BCUT2D eigenvalue weighted by molar-refractivity contribution is 5.59. The van der Waals surface area contributed by atoms with E-state index in [0.29, 0.717) is 17.8 Å². The average Bonchev–Trinajstić information content (AvgIpc) is 2.14. The number of anilines is 1. The summed E-state index contributed by atoms with van der Waals surface area (Å²) in [5, 5.41) is 23.2. The Labute approximate surface area is 94.3 Å². The van der Waals surface area contributed by atoms with Crippen LogP contribution in [0.25, 0.3) is 0 Å². The van der Waals surface area contributed by atoms with Crippen LogP contribution in [-0.4, -0.2) is 22.2 Å². The van der Waals surface area contributed by atoms with E-state index in [1.54, 1.807) is 32.9 Å². The van der Waals surface area contributed by atoms with E-state index in [0.717, 1.165) is 0 Å². The number of hydrogen-bond acceptors (Lipinski definition) is 4. The first-order chi connectivity index (χ1) is 7.31. The Balaban J connectivity index is 2.90. The molecule has 0 aromatic heterocycles. The molecule has 16 heavy (non-hydrogen) atoms. The Hall–Kier alpha value is -1.62. The first-order valence-corrected chi connectivity index (χ1v) is 5.01. The summed E-state index contributed by atoms with van der Waals surface area (Å²) in [6, 6.07) is 4.84. The van der Waals surface area contributed by atoms with Gasteiger partial charge >= 0.3 is 0 Å². The van der Waals surface area contributed by atoms with E-state index in [1.165, 1.54) is 6.07 Å². The Morgan fingerprint density at radius 1 is 1.50 bits per heavy atom. The molecular weight excluding hydrogens is 208 g/mol. The molecule has 0 bridgehead atoms. The van der Waals surface area contributed by atoms with E-state index in [-0.39, 0.29) is 5.69 Å². The zero-order chi connectivity index (χ0) is 12.3. The topological polar surface area (TPSA) is 75.4 Å². The Bertz CT molecular complexity index is 397. The Kier molecular flexibility index (Phi) is 3.49. The summed E-state index contributed by atoms with van der Waals surface area (Å²) in [5.41, 5.74) is 0.491. The van der Waals surface area contributed by atoms with Crippen LogP contribution in [0.5, 0.6) is 0 Å². The van der Waals surface area contributed by atoms with Crippen molar-refractivity contribution in [2.75, 3.05) is 11.9 Å². The van der Waals surface area contributed by atoms with Crippen molar-refractivity contribution in [2.45, 2.75) is 26.4 Å². The molecule has 0 fully saturated rings. The predicted octanol–water partition coefficient (Wildman–Crippen LogP) is 2.09. The largest absolute Gasteiger partial charge is 0.389 e. The summed E-state index contributed by atoms with van der Waals surface area (Å²) < 4.78 is 0. The summed E-state index contributed by atoms with van der Waals surface area (Å²) in [6.07, 6.45) is 0. The lowest BCUT2D eigenvalue weighted by Crippen LogP contribution is -2.29. The number of hydrogen-bond donors (Lipinski definition) is 2. The van der Waals surface area contributed by atoms with Gasteiger partial charge in [0.1, 0.15) is 0 Å². The average molecular weight is 224 g/mol. The molecule has 0 aliphatic heterocycles. The fourth-order valence-corrected chi connectivity index (χ4v) is 1.32. The molecule has 0 aliphatic rings. The van der Waals surface area contributed by atoms with Crippen LogP contribution >= 0.6 is 0 Å². The molecule has 0 unspecified atom stereocenters. The van der Waals surface area contributed by atoms with Crippen LogP contribution in [0, 0.1) is 17.0 Å². The van der Waals surface area contributed by atoms with E-state index in [9.17, 15) is 15.2 Å². The predicted molar refractivity (Wildman–Crippen MR) is 62.6 cm³/mol. The zero-order valence-corrected chi connectivity index (χ0v) is 9.65. The smallest absolute Gasteiger partial charge is 0.274 e. The Morgan fingerprint density at radius 3 is 2.62 bits per heavy atom. The van der Waals surface area contributed by atoms with Gasteiger partial charge < -0.3 is 10.4 Å². The number of nitrogens with zero attached hydrogens (tertiary/aromatic N) is 1.